The first-order valence-electron chi connectivity index (χ1n) is 11.8. The zero-order valence-electron chi connectivity index (χ0n) is 19.5. The molecular formula is C23H40IN5OS. The molecule has 2 saturated heterocycles. The lowest BCUT2D eigenvalue weighted by Crippen LogP contribution is -2.68. The summed E-state index contributed by atoms with van der Waals surface area (Å²) in [4.78, 5) is 12.3. The van der Waals surface area contributed by atoms with Crippen molar-refractivity contribution in [2.24, 2.45) is 22.2 Å². The van der Waals surface area contributed by atoms with Crippen molar-refractivity contribution in [2.45, 2.75) is 72.1 Å². The minimum Gasteiger partial charge on any atom is -0.377 e. The summed E-state index contributed by atoms with van der Waals surface area (Å²) in [6, 6.07) is 0.454. The lowest BCUT2D eigenvalue weighted by atomic mass is 9.57. The number of guanidine groups is 1. The molecule has 1 aromatic rings. The van der Waals surface area contributed by atoms with Crippen LogP contribution < -0.4 is 10.6 Å². The Morgan fingerprint density at radius 1 is 1.29 bits per heavy atom. The van der Waals surface area contributed by atoms with Crippen LogP contribution in [-0.4, -0.2) is 60.8 Å². The van der Waals surface area contributed by atoms with E-state index in [4.69, 9.17) is 14.7 Å². The maximum absolute atomic E-state index is 5.95. The van der Waals surface area contributed by atoms with Gasteiger partial charge in [-0.2, -0.15) is 0 Å². The lowest BCUT2D eigenvalue weighted by molar-refractivity contribution is -0.106. The zero-order valence-corrected chi connectivity index (χ0v) is 22.7. The van der Waals surface area contributed by atoms with E-state index in [0.29, 0.717) is 24.0 Å². The maximum atomic E-state index is 5.95. The number of halogens is 1. The third-order valence-corrected chi connectivity index (χ3v) is 8.28. The summed E-state index contributed by atoms with van der Waals surface area (Å²) in [5.74, 6) is 2.29. The molecule has 4 rings (SSSR count). The van der Waals surface area contributed by atoms with Gasteiger partial charge in [-0.1, -0.05) is 20.8 Å². The maximum Gasteiger partial charge on any atom is 0.191 e. The van der Waals surface area contributed by atoms with Crippen LogP contribution in [0.25, 0.3) is 0 Å². The Balaban J connectivity index is 0.00000272. The molecule has 31 heavy (non-hydrogen) atoms. The van der Waals surface area contributed by atoms with Gasteiger partial charge in [-0.15, -0.1) is 35.3 Å². The molecule has 0 spiro atoms. The van der Waals surface area contributed by atoms with Crippen molar-refractivity contribution in [3.63, 3.8) is 0 Å². The first-order chi connectivity index (χ1) is 14.5. The van der Waals surface area contributed by atoms with Crippen molar-refractivity contribution in [1.82, 2.24) is 20.5 Å². The van der Waals surface area contributed by atoms with E-state index in [2.05, 4.69) is 48.6 Å². The summed E-state index contributed by atoms with van der Waals surface area (Å²) < 4.78 is 5.95. The van der Waals surface area contributed by atoms with Gasteiger partial charge >= 0.3 is 0 Å². The van der Waals surface area contributed by atoms with Gasteiger partial charge in [0.2, 0.25) is 0 Å². The molecule has 3 heterocycles. The number of nitrogens with one attached hydrogen (secondary N) is 2. The van der Waals surface area contributed by atoms with Crippen LogP contribution in [0.15, 0.2) is 10.4 Å². The highest BCUT2D eigenvalue weighted by atomic mass is 127. The van der Waals surface area contributed by atoms with E-state index in [9.17, 15) is 0 Å². The van der Waals surface area contributed by atoms with Gasteiger partial charge in [0.25, 0.3) is 0 Å². The van der Waals surface area contributed by atoms with Gasteiger partial charge in [-0.25, -0.2) is 4.98 Å². The Morgan fingerprint density at radius 2 is 2.06 bits per heavy atom. The van der Waals surface area contributed by atoms with Crippen molar-refractivity contribution < 1.29 is 4.74 Å². The number of ether oxygens (including phenoxy) is 1. The van der Waals surface area contributed by atoms with Gasteiger partial charge in [0.1, 0.15) is 0 Å². The monoisotopic (exact) mass is 561 g/mol. The van der Waals surface area contributed by atoms with Gasteiger partial charge < -0.3 is 15.4 Å². The predicted octanol–water partition coefficient (Wildman–Crippen LogP) is 3.90. The smallest absolute Gasteiger partial charge is 0.191 e. The highest BCUT2D eigenvalue weighted by molar-refractivity contribution is 14.0. The van der Waals surface area contributed by atoms with Crippen LogP contribution in [0.4, 0.5) is 0 Å². The molecule has 176 valence electrons. The van der Waals surface area contributed by atoms with E-state index in [1.54, 1.807) is 11.3 Å². The first kappa shape index (κ1) is 25.2. The molecule has 0 aromatic carbocycles. The van der Waals surface area contributed by atoms with Crippen LogP contribution >= 0.6 is 35.3 Å². The van der Waals surface area contributed by atoms with Crippen LogP contribution in [0.1, 0.15) is 57.7 Å². The average Bonchev–Trinajstić information content (AvgIpc) is 3.39. The van der Waals surface area contributed by atoms with Gasteiger partial charge in [0.05, 0.1) is 16.8 Å². The third-order valence-electron chi connectivity index (χ3n) is 7.24. The highest BCUT2D eigenvalue weighted by Gasteiger charge is 2.59. The molecule has 1 saturated carbocycles. The van der Waals surface area contributed by atoms with Crippen LogP contribution in [0.5, 0.6) is 0 Å². The van der Waals surface area contributed by atoms with E-state index in [1.165, 1.54) is 30.0 Å². The van der Waals surface area contributed by atoms with Crippen LogP contribution in [0.2, 0.25) is 0 Å². The zero-order chi connectivity index (χ0) is 21.1. The number of nitrogens with zero attached hydrogens (tertiary/aromatic N) is 3. The number of aryl methyl sites for hydroxylation is 1. The predicted molar refractivity (Wildman–Crippen MR) is 139 cm³/mol. The fourth-order valence-electron chi connectivity index (χ4n) is 5.45. The third kappa shape index (κ3) is 5.73. The summed E-state index contributed by atoms with van der Waals surface area (Å²) in [5.41, 5.74) is 1.42. The summed E-state index contributed by atoms with van der Waals surface area (Å²) in [7, 11) is 0. The van der Waals surface area contributed by atoms with Crippen molar-refractivity contribution in [2.75, 3.05) is 32.8 Å². The molecule has 8 heteroatoms. The topological polar surface area (TPSA) is 61.8 Å². The fraction of sp³-hybridized carbons (Fsp3) is 0.826. The van der Waals surface area contributed by atoms with E-state index in [0.717, 1.165) is 51.7 Å². The summed E-state index contributed by atoms with van der Waals surface area (Å²) in [6.45, 7) is 15.0. The normalized spacial score (nSPS) is 28.5. The standard InChI is InChI=1S/C23H39N5OS.HI/c1-5-19-26-17(15-30-19)14-28-10-7-16(8-11-28)13-25-22(24-6-2)27-20-18-9-12-29-21(18)23(20,3)4;/h15-16,18,20-21H,5-14H2,1-4H3,(H2,24,25,27);1H. The molecule has 3 atom stereocenters. The van der Waals surface area contributed by atoms with E-state index in [1.807, 2.05) is 0 Å². The number of thiazole rings is 1. The molecule has 3 unspecified atom stereocenters. The number of fused-ring (bicyclic) bond motifs is 1. The van der Waals surface area contributed by atoms with Gasteiger partial charge in [0.15, 0.2) is 5.96 Å². The number of hydrogen-bond acceptors (Lipinski definition) is 5. The number of likely N-dealkylation sites (tertiary alicyclic amines) is 1. The fourth-order valence-corrected chi connectivity index (χ4v) is 6.18. The van der Waals surface area contributed by atoms with E-state index in [-0.39, 0.29) is 29.4 Å². The minimum atomic E-state index is 0. The summed E-state index contributed by atoms with van der Waals surface area (Å²) in [6.07, 6.45) is 5.07. The van der Waals surface area contributed by atoms with Crippen LogP contribution in [0.3, 0.4) is 0 Å². The Morgan fingerprint density at radius 3 is 2.74 bits per heavy atom. The molecule has 2 N–H and O–H groups in total. The lowest BCUT2D eigenvalue weighted by Gasteiger charge is -2.55. The largest absolute Gasteiger partial charge is 0.377 e. The van der Waals surface area contributed by atoms with Gasteiger partial charge in [0, 0.05) is 49.0 Å². The molecule has 0 amide bonds. The average molecular weight is 562 g/mol. The number of rotatable bonds is 7. The van der Waals surface area contributed by atoms with Gasteiger partial charge in [-0.05, 0) is 51.6 Å². The summed E-state index contributed by atoms with van der Waals surface area (Å²) in [5, 5.41) is 10.7. The first-order valence-corrected chi connectivity index (χ1v) is 12.7. The van der Waals surface area contributed by atoms with Crippen LogP contribution in [-0.2, 0) is 17.7 Å². The highest BCUT2D eigenvalue weighted by Crippen LogP contribution is 2.52. The number of aromatic nitrogens is 1. The Bertz CT molecular complexity index is 731. The summed E-state index contributed by atoms with van der Waals surface area (Å²) >= 11 is 1.79. The Hall–Kier alpha value is -0.450. The Kier molecular flexibility index (Phi) is 9.03. The second-order valence-corrected chi connectivity index (χ2v) is 10.7. The van der Waals surface area contributed by atoms with Crippen molar-refractivity contribution >= 4 is 41.3 Å². The molecule has 2 aliphatic heterocycles. The number of aliphatic imine (C=N–C) groups is 1. The number of hydrogen-bond donors (Lipinski definition) is 2. The Labute approximate surface area is 209 Å². The SMILES string of the molecule is CCNC(=NCC1CCN(Cc2csc(CC)n2)CC1)NC1C2CCOC2C1(C)C.I. The minimum absolute atomic E-state index is 0. The molecule has 1 aromatic heterocycles. The van der Waals surface area contributed by atoms with Crippen molar-refractivity contribution in [3.8, 4) is 0 Å². The van der Waals surface area contributed by atoms with E-state index < -0.39 is 0 Å². The van der Waals surface area contributed by atoms with E-state index >= 15 is 0 Å². The molecule has 0 radical (unpaired) electrons. The number of piperidine rings is 1. The molecule has 1 aliphatic carbocycles. The van der Waals surface area contributed by atoms with Crippen LogP contribution in [0, 0.1) is 17.3 Å². The molecule has 6 nitrogen and oxygen atoms in total. The molecule has 3 aliphatic rings. The molecule has 3 fully saturated rings. The molecule has 0 bridgehead atoms. The quantitative estimate of drug-likeness (QED) is 0.301. The second kappa shape index (κ2) is 11.1. The van der Waals surface area contributed by atoms with Gasteiger partial charge in [-0.3, -0.25) is 9.89 Å². The second-order valence-electron chi connectivity index (χ2n) is 9.71. The van der Waals surface area contributed by atoms with Crippen molar-refractivity contribution in [1.29, 1.82) is 0 Å². The molecular weight excluding hydrogens is 521 g/mol. The van der Waals surface area contributed by atoms with Crippen molar-refractivity contribution in [3.05, 3.63) is 16.1 Å².